The number of carbonyl (C=O) groups is 2. The van der Waals surface area contributed by atoms with Crippen LogP contribution in [0.15, 0.2) is 24.3 Å². The van der Waals surface area contributed by atoms with Crippen molar-refractivity contribution in [3.8, 4) is 0 Å². The zero-order valence-corrected chi connectivity index (χ0v) is 13.4. The molecule has 0 aromatic heterocycles. The van der Waals surface area contributed by atoms with Gasteiger partial charge in [0.25, 0.3) is 0 Å². The maximum absolute atomic E-state index is 11.9. The van der Waals surface area contributed by atoms with E-state index in [0.717, 1.165) is 19.3 Å². The van der Waals surface area contributed by atoms with Crippen molar-refractivity contribution in [2.75, 3.05) is 0 Å². The van der Waals surface area contributed by atoms with E-state index < -0.39 is 11.9 Å². The summed E-state index contributed by atoms with van der Waals surface area (Å²) in [5.74, 6) is -1.35. The van der Waals surface area contributed by atoms with Gasteiger partial charge in [0.15, 0.2) is 0 Å². The molecule has 3 nitrogen and oxygen atoms in total. The fourth-order valence-corrected chi connectivity index (χ4v) is 2.01. The van der Waals surface area contributed by atoms with E-state index in [9.17, 15) is 9.59 Å². The second-order valence-electron chi connectivity index (χ2n) is 4.44. The molecule has 1 aromatic rings. The van der Waals surface area contributed by atoms with Gasteiger partial charge in [-0.15, -0.1) is 0 Å². The molecule has 0 saturated heterocycles. The van der Waals surface area contributed by atoms with Gasteiger partial charge in [-0.05, 0) is 25.0 Å². The van der Waals surface area contributed by atoms with E-state index in [1.165, 1.54) is 0 Å². The first kappa shape index (κ1) is 19.1. The van der Waals surface area contributed by atoms with E-state index in [0.29, 0.717) is 11.4 Å². The molecular formula is C15H19ClNiO3. The van der Waals surface area contributed by atoms with E-state index in [2.05, 4.69) is 6.92 Å². The van der Waals surface area contributed by atoms with Crippen molar-refractivity contribution in [3.63, 3.8) is 0 Å². The van der Waals surface area contributed by atoms with Crippen LogP contribution in [0.1, 0.15) is 49.9 Å². The molecule has 0 bridgehead atoms. The van der Waals surface area contributed by atoms with Crippen LogP contribution in [0.25, 0.3) is 0 Å². The first-order valence-corrected chi connectivity index (χ1v) is 6.98. The summed E-state index contributed by atoms with van der Waals surface area (Å²) in [5, 5.41) is 0.293. The number of ether oxygens (including phenoxy) is 1. The van der Waals surface area contributed by atoms with Crippen LogP contribution in [0.2, 0.25) is 5.02 Å². The van der Waals surface area contributed by atoms with Crippen molar-refractivity contribution in [3.05, 3.63) is 34.9 Å². The van der Waals surface area contributed by atoms with Crippen LogP contribution in [0, 0.1) is 5.92 Å². The smallest absolute Gasteiger partial charge is 0.347 e. The molecule has 0 saturated carbocycles. The van der Waals surface area contributed by atoms with Crippen molar-refractivity contribution in [2.45, 2.75) is 39.5 Å². The predicted octanol–water partition coefficient (Wildman–Crippen LogP) is 4.24. The van der Waals surface area contributed by atoms with Crippen LogP contribution in [-0.2, 0) is 26.0 Å². The van der Waals surface area contributed by atoms with Crippen LogP contribution in [0.5, 0.6) is 0 Å². The molecule has 0 fully saturated rings. The number of esters is 2. The SMILES string of the molecule is CCCCC(CC)C(=O)OC(=O)c1ccccc1Cl.[Ni]. The minimum Gasteiger partial charge on any atom is -0.389 e. The number of carbonyl (C=O) groups excluding carboxylic acids is 2. The first-order valence-electron chi connectivity index (χ1n) is 6.60. The Labute approximate surface area is 135 Å². The Morgan fingerprint density at radius 1 is 1.25 bits per heavy atom. The molecule has 0 spiro atoms. The van der Waals surface area contributed by atoms with Gasteiger partial charge in [-0.1, -0.05) is 50.4 Å². The zero-order chi connectivity index (χ0) is 14.3. The molecule has 0 aliphatic rings. The molecule has 0 N–H and O–H groups in total. The minimum atomic E-state index is -0.675. The van der Waals surface area contributed by atoms with Gasteiger partial charge in [-0.25, -0.2) is 4.79 Å². The van der Waals surface area contributed by atoms with Gasteiger partial charge >= 0.3 is 11.9 Å². The zero-order valence-electron chi connectivity index (χ0n) is 11.6. The fraction of sp³-hybridized carbons (Fsp3) is 0.467. The first-order chi connectivity index (χ1) is 9.10. The average Bonchev–Trinajstić information content (AvgIpc) is 2.40. The summed E-state index contributed by atoms with van der Waals surface area (Å²) in [4.78, 5) is 23.7. The topological polar surface area (TPSA) is 43.4 Å². The largest absolute Gasteiger partial charge is 0.389 e. The van der Waals surface area contributed by atoms with Gasteiger partial charge in [0, 0.05) is 16.5 Å². The monoisotopic (exact) mass is 340 g/mol. The summed E-state index contributed by atoms with van der Waals surface area (Å²) >= 11 is 5.89. The summed E-state index contributed by atoms with van der Waals surface area (Å²) in [6.07, 6.45) is 3.40. The number of hydrogen-bond donors (Lipinski definition) is 0. The quantitative estimate of drug-likeness (QED) is 0.442. The van der Waals surface area contributed by atoms with Gasteiger partial charge in [0.05, 0.1) is 16.5 Å². The standard InChI is InChI=1S/C15H19ClO3.Ni/c1-3-5-8-11(4-2)14(17)19-15(18)12-9-6-7-10-13(12)16;/h6-7,9-11H,3-5,8H2,1-2H3;. The summed E-state index contributed by atoms with van der Waals surface area (Å²) in [5.41, 5.74) is 0.225. The molecule has 5 heteroatoms. The molecule has 114 valence electrons. The Balaban J connectivity index is 0.00000361. The Kier molecular flexibility index (Phi) is 9.53. The molecule has 0 aliphatic carbocycles. The van der Waals surface area contributed by atoms with Crippen LogP contribution in [0.3, 0.4) is 0 Å². The van der Waals surface area contributed by atoms with Gasteiger partial charge in [-0.2, -0.15) is 0 Å². The Morgan fingerprint density at radius 3 is 2.45 bits per heavy atom. The molecule has 1 rings (SSSR count). The van der Waals surface area contributed by atoms with Crippen molar-refractivity contribution >= 4 is 23.5 Å². The molecule has 0 radical (unpaired) electrons. The van der Waals surface area contributed by atoms with E-state index in [1.807, 2.05) is 6.92 Å². The normalized spacial score (nSPS) is 11.3. The Morgan fingerprint density at radius 2 is 1.90 bits per heavy atom. The van der Waals surface area contributed by atoms with Gasteiger partial charge in [-0.3, -0.25) is 4.79 Å². The van der Waals surface area contributed by atoms with Crippen LogP contribution in [-0.4, -0.2) is 11.9 Å². The second-order valence-corrected chi connectivity index (χ2v) is 4.84. The third-order valence-corrected chi connectivity index (χ3v) is 3.35. The van der Waals surface area contributed by atoms with Crippen molar-refractivity contribution in [1.82, 2.24) is 0 Å². The summed E-state index contributed by atoms with van der Waals surface area (Å²) in [6.45, 7) is 3.98. The van der Waals surface area contributed by atoms with Crippen molar-refractivity contribution in [1.29, 1.82) is 0 Å². The van der Waals surface area contributed by atoms with Crippen LogP contribution >= 0.6 is 11.6 Å². The van der Waals surface area contributed by atoms with E-state index in [1.54, 1.807) is 24.3 Å². The van der Waals surface area contributed by atoms with E-state index >= 15 is 0 Å². The molecule has 1 unspecified atom stereocenters. The number of halogens is 1. The number of rotatable bonds is 6. The number of benzene rings is 1. The molecule has 0 heterocycles. The Hall–Kier alpha value is -0.856. The molecule has 1 atom stereocenters. The third-order valence-electron chi connectivity index (χ3n) is 3.02. The van der Waals surface area contributed by atoms with Gasteiger partial charge in [0.2, 0.25) is 0 Å². The fourth-order valence-electron chi connectivity index (χ4n) is 1.80. The second kappa shape index (κ2) is 9.96. The van der Waals surface area contributed by atoms with Crippen molar-refractivity contribution in [2.24, 2.45) is 5.92 Å². The van der Waals surface area contributed by atoms with Gasteiger partial charge < -0.3 is 4.74 Å². The molecule has 1 aromatic carbocycles. The summed E-state index contributed by atoms with van der Waals surface area (Å²) in [7, 11) is 0. The average molecular weight is 341 g/mol. The minimum absolute atomic E-state index is 0. The molecule has 20 heavy (non-hydrogen) atoms. The Bertz CT molecular complexity index is 448. The van der Waals surface area contributed by atoms with E-state index in [-0.39, 0.29) is 28.0 Å². The van der Waals surface area contributed by atoms with Crippen LogP contribution in [0.4, 0.5) is 0 Å². The van der Waals surface area contributed by atoms with Crippen molar-refractivity contribution < 1.29 is 30.8 Å². The summed E-state index contributed by atoms with van der Waals surface area (Å²) < 4.78 is 4.91. The number of hydrogen-bond acceptors (Lipinski definition) is 3. The molecule has 0 amide bonds. The maximum Gasteiger partial charge on any atom is 0.347 e. The predicted molar refractivity (Wildman–Crippen MR) is 75.2 cm³/mol. The van der Waals surface area contributed by atoms with Gasteiger partial charge in [0.1, 0.15) is 0 Å². The number of unbranched alkanes of at least 4 members (excludes halogenated alkanes) is 1. The third kappa shape index (κ3) is 5.64. The van der Waals surface area contributed by atoms with Crippen LogP contribution < -0.4 is 0 Å². The molecular weight excluding hydrogens is 322 g/mol. The summed E-state index contributed by atoms with van der Waals surface area (Å²) in [6, 6.07) is 6.54. The van der Waals surface area contributed by atoms with E-state index in [4.69, 9.17) is 16.3 Å². The molecule has 0 aliphatic heterocycles. The maximum atomic E-state index is 11.9.